The first kappa shape index (κ1) is 16.2. The molecule has 5 aromatic rings. The lowest BCUT2D eigenvalue weighted by molar-refractivity contribution is -0.0266. The summed E-state index contributed by atoms with van der Waals surface area (Å²) >= 11 is 0. The van der Waals surface area contributed by atoms with E-state index >= 15 is 0 Å². The first-order valence-electron chi connectivity index (χ1n) is 9.14. The highest BCUT2D eigenvalue weighted by Crippen LogP contribution is 2.28. The van der Waals surface area contributed by atoms with Crippen LogP contribution in [0.4, 0.5) is 0 Å². The lowest BCUT2D eigenvalue weighted by Crippen LogP contribution is -2.31. The minimum Gasteiger partial charge on any atom is -0.377 e. The zero-order valence-electron chi connectivity index (χ0n) is 15.4. The van der Waals surface area contributed by atoms with Gasteiger partial charge in [0.25, 0.3) is 11.4 Å². The lowest BCUT2D eigenvalue weighted by Gasteiger charge is -2.26. The zero-order valence-corrected chi connectivity index (χ0v) is 15.4. The SMILES string of the molecule is Cc1noc(-c2c[nH]n3c(=O)cc(-c4ccc5c(cnn5C5COC5)c4)nc23)n1. The molecule has 0 spiro atoms. The molecule has 0 amide bonds. The van der Waals surface area contributed by atoms with E-state index in [1.165, 1.54) is 10.6 Å². The third kappa shape index (κ3) is 2.42. The van der Waals surface area contributed by atoms with Gasteiger partial charge in [0, 0.05) is 23.2 Å². The van der Waals surface area contributed by atoms with Crippen molar-refractivity contribution in [2.75, 3.05) is 13.2 Å². The number of hydrogen-bond donors (Lipinski definition) is 1. The van der Waals surface area contributed by atoms with Gasteiger partial charge in [-0.1, -0.05) is 11.2 Å². The first-order chi connectivity index (χ1) is 14.2. The summed E-state index contributed by atoms with van der Waals surface area (Å²) < 4.78 is 13.8. The molecular weight excluding hydrogens is 374 g/mol. The van der Waals surface area contributed by atoms with Crippen LogP contribution in [0, 0.1) is 6.92 Å². The molecule has 1 N–H and O–H groups in total. The molecule has 1 aliphatic rings. The predicted octanol–water partition coefficient (Wildman–Crippen LogP) is 1.97. The highest BCUT2D eigenvalue weighted by atomic mass is 16.5. The van der Waals surface area contributed by atoms with Crippen molar-refractivity contribution in [3.63, 3.8) is 0 Å². The number of hydrogen-bond acceptors (Lipinski definition) is 7. The van der Waals surface area contributed by atoms with E-state index in [1.807, 2.05) is 29.1 Å². The van der Waals surface area contributed by atoms with Gasteiger partial charge in [0.15, 0.2) is 11.5 Å². The number of rotatable bonds is 3. The van der Waals surface area contributed by atoms with Crippen LogP contribution in [0.15, 0.2) is 46.0 Å². The van der Waals surface area contributed by atoms with E-state index in [9.17, 15) is 4.79 Å². The Bertz CT molecular complexity index is 1440. The van der Waals surface area contributed by atoms with Gasteiger partial charge in [-0.15, -0.1) is 0 Å². The Kier molecular flexibility index (Phi) is 3.27. The van der Waals surface area contributed by atoms with Crippen LogP contribution in [-0.2, 0) is 4.74 Å². The average molecular weight is 389 g/mol. The molecule has 1 aromatic carbocycles. The van der Waals surface area contributed by atoms with Crippen molar-refractivity contribution in [1.82, 2.24) is 34.5 Å². The Morgan fingerprint density at radius 3 is 2.86 bits per heavy atom. The molecular formula is C19H15N7O3. The summed E-state index contributed by atoms with van der Waals surface area (Å²) in [5, 5.41) is 12.2. The summed E-state index contributed by atoms with van der Waals surface area (Å²) in [5.74, 6) is 0.821. The quantitative estimate of drug-likeness (QED) is 0.501. The summed E-state index contributed by atoms with van der Waals surface area (Å²) in [6.07, 6.45) is 3.46. The highest BCUT2D eigenvalue weighted by Gasteiger charge is 2.23. The molecule has 0 radical (unpaired) electrons. The molecule has 29 heavy (non-hydrogen) atoms. The summed E-state index contributed by atoms with van der Waals surface area (Å²) in [7, 11) is 0. The Morgan fingerprint density at radius 1 is 1.21 bits per heavy atom. The minimum atomic E-state index is -0.227. The molecule has 0 saturated carbocycles. The van der Waals surface area contributed by atoms with Crippen LogP contribution < -0.4 is 5.56 Å². The van der Waals surface area contributed by atoms with E-state index in [2.05, 4.69) is 25.3 Å². The number of H-pyrrole nitrogens is 1. The molecule has 0 aliphatic carbocycles. The largest absolute Gasteiger partial charge is 0.377 e. The predicted molar refractivity (Wildman–Crippen MR) is 102 cm³/mol. The molecule has 5 heterocycles. The minimum absolute atomic E-state index is 0.227. The molecule has 1 fully saturated rings. The third-order valence-corrected chi connectivity index (χ3v) is 5.11. The molecule has 144 valence electrons. The second-order valence-corrected chi connectivity index (χ2v) is 7.03. The monoisotopic (exact) mass is 389 g/mol. The Hall–Kier alpha value is -3.79. The van der Waals surface area contributed by atoms with Gasteiger partial charge in [-0.25, -0.2) is 9.50 Å². The number of fused-ring (bicyclic) bond motifs is 2. The topological polar surface area (TPSA) is 116 Å². The Balaban J connectivity index is 1.49. The van der Waals surface area contributed by atoms with Crippen molar-refractivity contribution in [2.45, 2.75) is 13.0 Å². The molecule has 10 heteroatoms. The van der Waals surface area contributed by atoms with Gasteiger partial charge < -0.3 is 9.26 Å². The van der Waals surface area contributed by atoms with E-state index in [0.717, 1.165) is 16.5 Å². The smallest absolute Gasteiger partial charge is 0.273 e. The van der Waals surface area contributed by atoms with Crippen molar-refractivity contribution in [2.24, 2.45) is 0 Å². The number of ether oxygens (including phenoxy) is 1. The van der Waals surface area contributed by atoms with E-state index in [1.54, 1.807) is 13.1 Å². The fourth-order valence-corrected chi connectivity index (χ4v) is 3.56. The van der Waals surface area contributed by atoms with Crippen LogP contribution in [0.25, 0.3) is 39.3 Å². The molecule has 1 aliphatic heterocycles. The summed E-state index contributed by atoms with van der Waals surface area (Å²) in [6, 6.07) is 7.70. The molecule has 0 unspecified atom stereocenters. The van der Waals surface area contributed by atoms with Crippen molar-refractivity contribution in [3.8, 4) is 22.7 Å². The molecule has 4 aromatic heterocycles. The standard InChI is InChI=1S/C19H15N7O3/c1-10-22-19(29-24-10)14-7-21-26-17(27)5-15(23-18(14)26)11-2-3-16-12(4-11)6-20-25(16)13-8-28-9-13/h2-7,13,21H,8-9H2,1H3. The van der Waals surface area contributed by atoms with Crippen molar-refractivity contribution in [3.05, 3.63) is 52.8 Å². The zero-order chi connectivity index (χ0) is 19.5. The maximum Gasteiger partial charge on any atom is 0.273 e. The molecule has 6 rings (SSSR count). The molecule has 0 bridgehead atoms. The van der Waals surface area contributed by atoms with Crippen LogP contribution in [0.3, 0.4) is 0 Å². The average Bonchev–Trinajstić information content (AvgIpc) is 3.38. The van der Waals surface area contributed by atoms with E-state index in [4.69, 9.17) is 9.26 Å². The van der Waals surface area contributed by atoms with Crippen molar-refractivity contribution in [1.29, 1.82) is 0 Å². The van der Waals surface area contributed by atoms with E-state index in [-0.39, 0.29) is 11.6 Å². The molecule has 10 nitrogen and oxygen atoms in total. The first-order valence-corrected chi connectivity index (χ1v) is 9.14. The van der Waals surface area contributed by atoms with Gasteiger partial charge in [-0.05, 0) is 19.1 Å². The number of nitrogens with one attached hydrogen (secondary N) is 1. The summed E-state index contributed by atoms with van der Waals surface area (Å²) in [4.78, 5) is 21.5. The number of aryl methyl sites for hydroxylation is 1. The van der Waals surface area contributed by atoms with Crippen LogP contribution >= 0.6 is 0 Å². The van der Waals surface area contributed by atoms with Crippen LogP contribution in [-0.4, -0.2) is 47.7 Å². The maximum absolute atomic E-state index is 12.6. The Morgan fingerprint density at radius 2 is 2.10 bits per heavy atom. The normalized spacial score (nSPS) is 14.7. The second-order valence-electron chi connectivity index (χ2n) is 7.03. The fraction of sp³-hybridized carbons (Fsp3) is 0.211. The lowest BCUT2D eigenvalue weighted by atomic mass is 10.1. The third-order valence-electron chi connectivity index (χ3n) is 5.11. The fourth-order valence-electron chi connectivity index (χ4n) is 3.56. The number of aromatic nitrogens is 7. The van der Waals surface area contributed by atoms with Gasteiger partial charge in [0.05, 0.1) is 36.7 Å². The number of aromatic amines is 1. The van der Waals surface area contributed by atoms with Crippen molar-refractivity contribution < 1.29 is 9.26 Å². The summed E-state index contributed by atoms with van der Waals surface area (Å²) in [6.45, 7) is 3.09. The van der Waals surface area contributed by atoms with Gasteiger partial charge in [0.2, 0.25) is 0 Å². The highest BCUT2D eigenvalue weighted by molar-refractivity contribution is 5.84. The van der Waals surface area contributed by atoms with Gasteiger partial charge in [-0.2, -0.15) is 10.1 Å². The van der Waals surface area contributed by atoms with Crippen LogP contribution in [0.5, 0.6) is 0 Å². The van der Waals surface area contributed by atoms with Crippen LogP contribution in [0.2, 0.25) is 0 Å². The van der Waals surface area contributed by atoms with Gasteiger partial charge in [0.1, 0.15) is 5.56 Å². The molecule has 0 atom stereocenters. The van der Waals surface area contributed by atoms with Gasteiger partial charge in [-0.3, -0.25) is 14.6 Å². The van der Waals surface area contributed by atoms with E-state index < -0.39 is 0 Å². The number of benzene rings is 1. The Labute approximate surface area is 162 Å². The second kappa shape index (κ2) is 5.85. The maximum atomic E-state index is 12.6. The number of nitrogens with zero attached hydrogens (tertiary/aromatic N) is 6. The van der Waals surface area contributed by atoms with Gasteiger partial charge >= 0.3 is 0 Å². The van der Waals surface area contributed by atoms with Crippen molar-refractivity contribution >= 4 is 16.6 Å². The molecule has 1 saturated heterocycles. The van der Waals surface area contributed by atoms with E-state index in [0.29, 0.717) is 41.8 Å². The van der Waals surface area contributed by atoms with Crippen LogP contribution in [0.1, 0.15) is 11.9 Å². The summed E-state index contributed by atoms with van der Waals surface area (Å²) in [5.41, 5.74) is 3.20.